The summed E-state index contributed by atoms with van der Waals surface area (Å²) >= 11 is 0. The third kappa shape index (κ3) is 5.69. The first kappa shape index (κ1) is 15.7. The van der Waals surface area contributed by atoms with Crippen molar-refractivity contribution in [3.8, 4) is 0 Å². The lowest BCUT2D eigenvalue weighted by Crippen LogP contribution is -2.30. The van der Waals surface area contributed by atoms with Crippen LogP contribution < -0.4 is 5.32 Å². The summed E-state index contributed by atoms with van der Waals surface area (Å²) in [4.78, 5) is 0. The first-order chi connectivity index (χ1) is 10.3. The number of hydrogen-bond donors (Lipinski definition) is 3. The highest BCUT2D eigenvalue weighted by Crippen LogP contribution is 2.05. The summed E-state index contributed by atoms with van der Waals surface area (Å²) < 4.78 is 10.5. The second-order valence-corrected chi connectivity index (χ2v) is 4.86. The van der Waals surface area contributed by atoms with Crippen molar-refractivity contribution in [3.63, 3.8) is 0 Å². The fourth-order valence-corrected chi connectivity index (χ4v) is 1.97. The van der Waals surface area contributed by atoms with E-state index < -0.39 is 6.10 Å². The van der Waals surface area contributed by atoms with Crippen molar-refractivity contribution in [1.82, 2.24) is 5.32 Å². The average Bonchev–Trinajstić information content (AvgIpc) is 3.01. The quantitative estimate of drug-likeness (QED) is 0.652. The monoisotopic (exact) mass is 291 g/mol. The predicted molar refractivity (Wildman–Crippen MR) is 78.4 cm³/mol. The van der Waals surface area contributed by atoms with E-state index >= 15 is 0 Å². The Kier molecular flexibility index (Phi) is 6.43. The molecule has 2 rings (SSSR count). The minimum Gasteiger partial charge on any atom is -0.467 e. The Balaban J connectivity index is 1.61. The van der Waals surface area contributed by atoms with Gasteiger partial charge in [0.05, 0.1) is 25.6 Å². The highest BCUT2D eigenvalue weighted by Gasteiger charge is 2.05. The second-order valence-electron chi connectivity index (χ2n) is 4.86. The number of benzene rings is 1. The fraction of sp³-hybridized carbons (Fsp3) is 0.375. The molecule has 0 saturated carbocycles. The minimum absolute atomic E-state index is 0.0388. The molecule has 1 heterocycles. The zero-order chi connectivity index (χ0) is 14.9. The van der Waals surface area contributed by atoms with Crippen LogP contribution in [0.25, 0.3) is 0 Å². The number of aliphatic hydroxyl groups is 2. The van der Waals surface area contributed by atoms with Gasteiger partial charge < -0.3 is 24.7 Å². The highest BCUT2D eigenvalue weighted by atomic mass is 16.5. The summed E-state index contributed by atoms with van der Waals surface area (Å²) in [7, 11) is 0. The van der Waals surface area contributed by atoms with Crippen molar-refractivity contribution in [3.05, 3.63) is 59.5 Å². The Morgan fingerprint density at radius 3 is 2.81 bits per heavy atom. The summed E-state index contributed by atoms with van der Waals surface area (Å²) in [5.41, 5.74) is 1.96. The lowest BCUT2D eigenvalue weighted by molar-refractivity contribution is 0.0225. The second kappa shape index (κ2) is 8.59. The summed E-state index contributed by atoms with van der Waals surface area (Å²) in [6.45, 7) is 1.74. The normalized spacial score (nSPS) is 12.5. The van der Waals surface area contributed by atoms with Crippen molar-refractivity contribution in [2.45, 2.75) is 25.9 Å². The number of aliphatic hydroxyl groups excluding tert-OH is 2. The van der Waals surface area contributed by atoms with Crippen LogP contribution in [-0.2, 0) is 24.5 Å². The zero-order valence-electron chi connectivity index (χ0n) is 11.9. The third-order valence-electron chi connectivity index (χ3n) is 3.02. The number of ether oxygens (including phenoxy) is 1. The molecular weight excluding hydrogens is 270 g/mol. The molecule has 1 atom stereocenters. The Labute approximate surface area is 124 Å². The SMILES string of the molecule is OCc1cccc(CNCC(O)COCc2ccco2)c1. The van der Waals surface area contributed by atoms with E-state index in [1.165, 1.54) is 0 Å². The zero-order valence-corrected chi connectivity index (χ0v) is 11.9. The molecule has 0 aliphatic carbocycles. The summed E-state index contributed by atoms with van der Waals surface area (Å²) in [5, 5.41) is 22.0. The van der Waals surface area contributed by atoms with Crippen molar-refractivity contribution >= 4 is 0 Å². The topological polar surface area (TPSA) is 74.9 Å². The summed E-state index contributed by atoms with van der Waals surface area (Å²) in [6.07, 6.45) is 1.03. The van der Waals surface area contributed by atoms with Gasteiger partial charge in [-0.1, -0.05) is 24.3 Å². The molecule has 5 heteroatoms. The van der Waals surface area contributed by atoms with E-state index in [4.69, 9.17) is 14.3 Å². The van der Waals surface area contributed by atoms with Crippen LogP contribution in [0.15, 0.2) is 47.1 Å². The van der Waals surface area contributed by atoms with Crippen molar-refractivity contribution < 1.29 is 19.4 Å². The smallest absolute Gasteiger partial charge is 0.129 e. The van der Waals surface area contributed by atoms with Gasteiger partial charge in [-0.05, 0) is 23.3 Å². The maximum atomic E-state index is 9.80. The molecule has 0 radical (unpaired) electrons. The molecule has 0 fully saturated rings. The van der Waals surface area contributed by atoms with Gasteiger partial charge in [-0.2, -0.15) is 0 Å². The molecule has 114 valence electrons. The highest BCUT2D eigenvalue weighted by molar-refractivity contribution is 5.22. The van der Waals surface area contributed by atoms with Gasteiger partial charge in [0, 0.05) is 13.1 Å². The largest absolute Gasteiger partial charge is 0.467 e. The van der Waals surface area contributed by atoms with Crippen LogP contribution in [0.3, 0.4) is 0 Å². The molecule has 2 aromatic rings. The van der Waals surface area contributed by atoms with Crippen LogP contribution in [0.4, 0.5) is 0 Å². The van der Waals surface area contributed by atoms with Crippen molar-refractivity contribution in [1.29, 1.82) is 0 Å². The third-order valence-corrected chi connectivity index (χ3v) is 3.02. The Bertz CT molecular complexity index is 513. The standard InChI is InChI=1S/C16H21NO4/c18-10-14-4-1-3-13(7-14)8-17-9-15(19)11-20-12-16-5-2-6-21-16/h1-7,15,17-19H,8-12H2. The van der Waals surface area contributed by atoms with Gasteiger partial charge in [0.25, 0.3) is 0 Å². The van der Waals surface area contributed by atoms with E-state index in [-0.39, 0.29) is 13.2 Å². The molecule has 0 spiro atoms. The van der Waals surface area contributed by atoms with Crippen LogP contribution >= 0.6 is 0 Å². The maximum absolute atomic E-state index is 9.80. The van der Waals surface area contributed by atoms with Crippen LogP contribution in [-0.4, -0.2) is 29.5 Å². The van der Waals surface area contributed by atoms with Gasteiger partial charge in [0.1, 0.15) is 12.4 Å². The van der Waals surface area contributed by atoms with Gasteiger partial charge in [0.15, 0.2) is 0 Å². The van der Waals surface area contributed by atoms with E-state index in [9.17, 15) is 5.11 Å². The van der Waals surface area contributed by atoms with Crippen LogP contribution in [0, 0.1) is 0 Å². The van der Waals surface area contributed by atoms with E-state index in [1.807, 2.05) is 30.3 Å². The van der Waals surface area contributed by atoms with Gasteiger partial charge in [-0.25, -0.2) is 0 Å². The molecule has 21 heavy (non-hydrogen) atoms. The molecule has 0 aliphatic rings. The Morgan fingerprint density at radius 2 is 2.05 bits per heavy atom. The molecule has 1 aromatic heterocycles. The summed E-state index contributed by atoms with van der Waals surface area (Å²) in [6, 6.07) is 11.3. The molecule has 1 aromatic carbocycles. The number of rotatable bonds is 9. The Hall–Kier alpha value is -1.66. The Morgan fingerprint density at radius 1 is 1.19 bits per heavy atom. The van der Waals surface area contributed by atoms with E-state index in [0.29, 0.717) is 19.7 Å². The first-order valence-electron chi connectivity index (χ1n) is 6.95. The van der Waals surface area contributed by atoms with E-state index in [1.54, 1.807) is 12.3 Å². The van der Waals surface area contributed by atoms with E-state index in [0.717, 1.165) is 16.9 Å². The number of hydrogen-bond acceptors (Lipinski definition) is 5. The number of furan rings is 1. The van der Waals surface area contributed by atoms with Crippen molar-refractivity contribution in [2.24, 2.45) is 0 Å². The van der Waals surface area contributed by atoms with Gasteiger partial charge in [-0.15, -0.1) is 0 Å². The van der Waals surface area contributed by atoms with Gasteiger partial charge >= 0.3 is 0 Å². The fourth-order valence-electron chi connectivity index (χ4n) is 1.97. The molecule has 0 saturated heterocycles. The predicted octanol–water partition coefficient (Wildman–Crippen LogP) is 1.44. The molecule has 0 bridgehead atoms. The lowest BCUT2D eigenvalue weighted by atomic mass is 10.1. The minimum atomic E-state index is -0.569. The van der Waals surface area contributed by atoms with Crippen LogP contribution in [0.1, 0.15) is 16.9 Å². The number of nitrogens with one attached hydrogen (secondary N) is 1. The maximum Gasteiger partial charge on any atom is 0.129 e. The van der Waals surface area contributed by atoms with Crippen LogP contribution in [0.2, 0.25) is 0 Å². The first-order valence-corrected chi connectivity index (χ1v) is 6.95. The summed E-state index contributed by atoms with van der Waals surface area (Å²) in [5.74, 6) is 0.746. The van der Waals surface area contributed by atoms with Gasteiger partial charge in [-0.3, -0.25) is 0 Å². The average molecular weight is 291 g/mol. The lowest BCUT2D eigenvalue weighted by Gasteiger charge is -2.12. The molecule has 0 aliphatic heterocycles. The molecule has 3 N–H and O–H groups in total. The molecule has 5 nitrogen and oxygen atoms in total. The van der Waals surface area contributed by atoms with Crippen LogP contribution in [0.5, 0.6) is 0 Å². The van der Waals surface area contributed by atoms with Gasteiger partial charge in [0.2, 0.25) is 0 Å². The molecule has 1 unspecified atom stereocenters. The molecular formula is C16H21NO4. The van der Waals surface area contributed by atoms with Crippen molar-refractivity contribution in [2.75, 3.05) is 13.2 Å². The van der Waals surface area contributed by atoms with E-state index in [2.05, 4.69) is 5.32 Å². The molecule has 0 amide bonds.